The van der Waals surface area contributed by atoms with E-state index in [0.29, 0.717) is 19.6 Å². The Labute approximate surface area is 174 Å². The normalized spacial score (nSPS) is 21.3. The van der Waals surface area contributed by atoms with E-state index in [1.165, 1.54) is 4.70 Å². The fraction of sp³-hybridized carbons (Fsp3) is 0.409. The second-order valence-electron chi connectivity index (χ2n) is 7.46. The Balaban J connectivity index is 1.20. The lowest BCUT2D eigenvalue weighted by Crippen LogP contribution is -2.54. The lowest BCUT2D eigenvalue weighted by molar-refractivity contribution is 0.00758. The van der Waals surface area contributed by atoms with Crippen LogP contribution in [0.4, 0.5) is 0 Å². The van der Waals surface area contributed by atoms with Crippen molar-refractivity contribution in [2.75, 3.05) is 26.2 Å². The van der Waals surface area contributed by atoms with Gasteiger partial charge in [-0.1, -0.05) is 30.3 Å². The molecule has 1 aliphatic heterocycles. The van der Waals surface area contributed by atoms with Gasteiger partial charge in [-0.2, -0.15) is 0 Å². The zero-order chi connectivity index (χ0) is 20.1. The average molecular weight is 414 g/mol. The van der Waals surface area contributed by atoms with Crippen molar-refractivity contribution in [3.8, 4) is 5.75 Å². The van der Waals surface area contributed by atoms with Gasteiger partial charge in [0.05, 0.1) is 16.3 Å². The van der Waals surface area contributed by atoms with Crippen LogP contribution in [0.15, 0.2) is 54.6 Å². The third-order valence-corrected chi connectivity index (χ3v) is 6.21. The molecule has 1 unspecified atom stereocenters. The van der Waals surface area contributed by atoms with Gasteiger partial charge in [0.1, 0.15) is 23.5 Å². The molecule has 1 fully saturated rings. The first-order valence-corrected chi connectivity index (χ1v) is 10.8. The number of hydrogen-bond donors (Lipinski definition) is 3. The van der Waals surface area contributed by atoms with Crippen LogP contribution in [-0.2, 0) is 6.54 Å². The minimum absolute atomic E-state index is 0.0379. The zero-order valence-electron chi connectivity index (χ0n) is 16.3. The lowest BCUT2D eigenvalue weighted by atomic mass is 10.0. The smallest absolute Gasteiger partial charge is 0.119 e. The van der Waals surface area contributed by atoms with Crippen LogP contribution < -0.4 is 10.1 Å². The molecule has 4 rings (SSSR count). The first kappa shape index (κ1) is 20.3. The molecule has 2 aromatic carbocycles. The molecule has 29 heavy (non-hydrogen) atoms. The third kappa shape index (κ3) is 5.52. The number of para-hydroxylation sites is 2. The highest BCUT2D eigenvalue weighted by Gasteiger charge is 2.28. The molecule has 2 heterocycles. The van der Waals surface area contributed by atoms with Gasteiger partial charge in [0.25, 0.3) is 0 Å². The SMILES string of the molecule is OC(COc1ccccc1)CN1CC[C@H](NCc2nc3ccccc3s2)[C@H](O)C1. The lowest BCUT2D eigenvalue weighted by Gasteiger charge is -2.37. The monoisotopic (exact) mass is 413 g/mol. The maximum absolute atomic E-state index is 10.5. The summed E-state index contributed by atoms with van der Waals surface area (Å²) < 4.78 is 6.80. The number of nitrogens with zero attached hydrogens (tertiary/aromatic N) is 2. The summed E-state index contributed by atoms with van der Waals surface area (Å²) >= 11 is 1.69. The fourth-order valence-electron chi connectivity index (χ4n) is 3.67. The van der Waals surface area contributed by atoms with Gasteiger partial charge in [-0.05, 0) is 37.2 Å². The van der Waals surface area contributed by atoms with E-state index in [-0.39, 0.29) is 12.6 Å². The maximum Gasteiger partial charge on any atom is 0.119 e. The highest BCUT2D eigenvalue weighted by atomic mass is 32.1. The van der Waals surface area contributed by atoms with Gasteiger partial charge in [-0.3, -0.25) is 4.90 Å². The minimum atomic E-state index is -0.588. The number of β-amino-alcohol motifs (C(OH)–C–C–N with tert-alkyl or cyclic N) is 2. The van der Waals surface area contributed by atoms with Crippen LogP contribution in [0.3, 0.4) is 0 Å². The number of rotatable bonds is 8. The standard InChI is InChI=1S/C22H27N3O3S/c26-16(15-28-17-6-2-1-3-7-17)13-25-11-10-18(20(27)14-25)23-12-22-24-19-8-4-5-9-21(19)29-22/h1-9,16,18,20,23,26-27H,10-15H2/t16?,18-,20+/m0/s1. The van der Waals surface area contributed by atoms with E-state index in [9.17, 15) is 10.2 Å². The van der Waals surface area contributed by atoms with Crippen molar-refractivity contribution in [1.29, 1.82) is 0 Å². The van der Waals surface area contributed by atoms with E-state index in [1.54, 1.807) is 11.3 Å². The number of ether oxygens (including phenoxy) is 1. The van der Waals surface area contributed by atoms with E-state index >= 15 is 0 Å². The second kappa shape index (κ2) is 9.65. The average Bonchev–Trinajstić information content (AvgIpc) is 3.15. The van der Waals surface area contributed by atoms with Crippen molar-refractivity contribution in [3.05, 3.63) is 59.6 Å². The predicted molar refractivity (Wildman–Crippen MR) is 115 cm³/mol. The summed E-state index contributed by atoms with van der Waals surface area (Å²) in [7, 11) is 0. The maximum atomic E-state index is 10.5. The van der Waals surface area contributed by atoms with Gasteiger partial charge in [0.15, 0.2) is 0 Å². The molecule has 0 aliphatic carbocycles. The van der Waals surface area contributed by atoms with Crippen LogP contribution in [0.5, 0.6) is 5.75 Å². The molecule has 6 nitrogen and oxygen atoms in total. The van der Waals surface area contributed by atoms with Gasteiger partial charge in [0.2, 0.25) is 0 Å². The van der Waals surface area contributed by atoms with E-state index in [4.69, 9.17) is 4.74 Å². The largest absolute Gasteiger partial charge is 0.491 e. The van der Waals surface area contributed by atoms with Gasteiger partial charge in [0, 0.05) is 25.7 Å². The van der Waals surface area contributed by atoms with Gasteiger partial charge >= 0.3 is 0 Å². The number of hydrogen-bond acceptors (Lipinski definition) is 7. The second-order valence-corrected chi connectivity index (χ2v) is 8.57. The van der Waals surface area contributed by atoms with Gasteiger partial charge in [-0.25, -0.2) is 4.98 Å². The van der Waals surface area contributed by atoms with Crippen molar-refractivity contribution in [3.63, 3.8) is 0 Å². The van der Waals surface area contributed by atoms with Gasteiger partial charge < -0.3 is 20.3 Å². The van der Waals surface area contributed by atoms with Crippen molar-refractivity contribution >= 4 is 21.6 Å². The third-order valence-electron chi connectivity index (χ3n) is 5.17. The summed E-state index contributed by atoms with van der Waals surface area (Å²) in [6.45, 7) is 2.77. The molecule has 0 amide bonds. The molecule has 0 saturated carbocycles. The van der Waals surface area contributed by atoms with Crippen LogP contribution >= 0.6 is 11.3 Å². The molecule has 3 aromatic rings. The first-order chi connectivity index (χ1) is 14.2. The van der Waals surface area contributed by atoms with Crippen LogP contribution in [0, 0.1) is 0 Å². The van der Waals surface area contributed by atoms with Crippen LogP contribution in [-0.4, -0.2) is 64.6 Å². The predicted octanol–water partition coefficient (Wildman–Crippen LogP) is 2.26. The summed E-state index contributed by atoms with van der Waals surface area (Å²) in [4.78, 5) is 6.74. The molecular weight excluding hydrogens is 386 g/mol. The number of piperidine rings is 1. The number of aliphatic hydroxyl groups is 2. The van der Waals surface area contributed by atoms with Crippen LogP contribution in [0.25, 0.3) is 10.2 Å². The molecule has 0 spiro atoms. The van der Waals surface area contributed by atoms with Crippen molar-refractivity contribution < 1.29 is 14.9 Å². The quantitative estimate of drug-likeness (QED) is 0.526. The Morgan fingerprint density at radius 2 is 1.97 bits per heavy atom. The van der Waals surface area contributed by atoms with Crippen LogP contribution in [0.1, 0.15) is 11.4 Å². The molecule has 0 radical (unpaired) electrons. The van der Waals surface area contributed by atoms with E-state index in [0.717, 1.165) is 29.2 Å². The number of aromatic nitrogens is 1. The summed E-state index contributed by atoms with van der Waals surface area (Å²) in [6, 6.07) is 17.7. The summed E-state index contributed by atoms with van der Waals surface area (Å²) in [5.74, 6) is 0.754. The van der Waals surface area contributed by atoms with E-state index < -0.39 is 12.2 Å². The fourth-order valence-corrected chi connectivity index (χ4v) is 4.59. The number of likely N-dealkylation sites (tertiary alicyclic amines) is 1. The summed E-state index contributed by atoms with van der Waals surface area (Å²) in [6.07, 6.45) is -0.228. The Morgan fingerprint density at radius 1 is 1.17 bits per heavy atom. The number of nitrogens with one attached hydrogen (secondary N) is 1. The van der Waals surface area contributed by atoms with E-state index in [1.807, 2.05) is 48.5 Å². The molecule has 3 atom stereocenters. The molecule has 154 valence electrons. The van der Waals surface area contributed by atoms with Crippen LogP contribution in [0.2, 0.25) is 0 Å². The Kier molecular flexibility index (Phi) is 6.74. The molecule has 1 aromatic heterocycles. The molecular formula is C22H27N3O3S. The zero-order valence-corrected chi connectivity index (χ0v) is 17.1. The molecule has 1 aliphatic rings. The number of fused-ring (bicyclic) bond motifs is 1. The number of aliphatic hydroxyl groups excluding tert-OH is 2. The van der Waals surface area contributed by atoms with E-state index in [2.05, 4.69) is 21.3 Å². The van der Waals surface area contributed by atoms with Gasteiger partial charge in [-0.15, -0.1) is 11.3 Å². The van der Waals surface area contributed by atoms with Crippen molar-refractivity contribution in [2.45, 2.75) is 31.2 Å². The summed E-state index contributed by atoms with van der Waals surface area (Å²) in [5.41, 5.74) is 1.02. The Morgan fingerprint density at radius 3 is 2.76 bits per heavy atom. The van der Waals surface area contributed by atoms with Crippen molar-refractivity contribution in [2.24, 2.45) is 0 Å². The number of benzene rings is 2. The highest BCUT2D eigenvalue weighted by Crippen LogP contribution is 2.22. The molecule has 1 saturated heterocycles. The molecule has 0 bridgehead atoms. The van der Waals surface area contributed by atoms with Crippen molar-refractivity contribution in [1.82, 2.24) is 15.2 Å². The number of thiazole rings is 1. The molecule has 3 N–H and O–H groups in total. The topological polar surface area (TPSA) is 77.9 Å². The summed E-state index contributed by atoms with van der Waals surface area (Å²) in [5, 5.41) is 25.3. The Bertz CT molecular complexity index is 871. The first-order valence-electron chi connectivity index (χ1n) is 10.0. The highest BCUT2D eigenvalue weighted by molar-refractivity contribution is 7.18. The Hall–Kier alpha value is -2.03. The minimum Gasteiger partial charge on any atom is -0.491 e. The molecule has 7 heteroatoms.